The Labute approximate surface area is 202 Å². The Bertz CT molecular complexity index is 1270. The summed E-state index contributed by atoms with van der Waals surface area (Å²) in [7, 11) is 0. The van der Waals surface area contributed by atoms with Crippen LogP contribution in [0.25, 0.3) is 10.3 Å². The lowest BCUT2D eigenvalue weighted by Gasteiger charge is -2.26. The lowest BCUT2D eigenvalue weighted by Crippen LogP contribution is -2.43. The molecule has 1 N–H and O–H groups in total. The van der Waals surface area contributed by atoms with Crippen molar-refractivity contribution in [2.45, 2.75) is 50.5 Å². The molecule has 2 fully saturated rings. The maximum atomic E-state index is 13.9. The fraction of sp³-hybridized carbons (Fsp3) is 0.478. The summed E-state index contributed by atoms with van der Waals surface area (Å²) in [5.74, 6) is -1.40. The molecule has 2 aromatic heterocycles. The third kappa shape index (κ3) is 4.76. The number of aromatic nitrogens is 3. The predicted molar refractivity (Wildman–Crippen MR) is 124 cm³/mol. The van der Waals surface area contributed by atoms with Gasteiger partial charge in [-0.05, 0) is 31.2 Å². The van der Waals surface area contributed by atoms with Crippen LogP contribution in [0, 0.1) is 0 Å². The average Bonchev–Trinajstić information content (AvgIpc) is 3.50. The second-order valence-electron chi connectivity index (χ2n) is 8.66. The minimum Gasteiger partial charge on any atom is -0.381 e. The number of alkyl halides is 3. The van der Waals surface area contributed by atoms with E-state index < -0.39 is 29.6 Å². The van der Waals surface area contributed by atoms with Crippen LogP contribution < -0.4 is 15.8 Å². The van der Waals surface area contributed by atoms with Gasteiger partial charge < -0.3 is 15.0 Å². The van der Waals surface area contributed by atoms with Gasteiger partial charge in [-0.1, -0.05) is 41.7 Å². The Hall–Kier alpha value is -2.99. The minimum atomic E-state index is -4.79. The molecule has 5 rings (SSSR count). The van der Waals surface area contributed by atoms with E-state index in [2.05, 4.69) is 15.3 Å². The van der Waals surface area contributed by atoms with Crippen molar-refractivity contribution in [3.63, 3.8) is 0 Å². The quantitative estimate of drug-likeness (QED) is 0.569. The van der Waals surface area contributed by atoms with Crippen LogP contribution in [0.4, 0.5) is 18.3 Å². The zero-order valence-electron chi connectivity index (χ0n) is 18.8. The smallest absolute Gasteiger partial charge is 0.381 e. The summed E-state index contributed by atoms with van der Waals surface area (Å²) in [6.07, 6.45) is -2.88. The summed E-state index contributed by atoms with van der Waals surface area (Å²) in [6, 6.07) is 8.32. The van der Waals surface area contributed by atoms with Crippen molar-refractivity contribution < 1.29 is 22.7 Å². The van der Waals surface area contributed by atoms with Crippen LogP contribution >= 0.6 is 11.3 Å². The molecule has 0 spiro atoms. The fourth-order valence-corrected chi connectivity index (χ4v) is 5.66. The van der Waals surface area contributed by atoms with Gasteiger partial charge in [0.1, 0.15) is 6.04 Å². The monoisotopic (exact) mass is 507 g/mol. The maximum Gasteiger partial charge on any atom is 0.449 e. The Morgan fingerprint density at radius 3 is 2.60 bits per heavy atom. The van der Waals surface area contributed by atoms with Crippen LogP contribution in [-0.4, -0.2) is 46.2 Å². The van der Waals surface area contributed by atoms with Crippen LogP contribution in [0.5, 0.6) is 0 Å². The molecule has 1 aromatic carbocycles. The number of amides is 1. The molecule has 2 aliphatic rings. The second kappa shape index (κ2) is 9.57. The highest BCUT2D eigenvalue weighted by atomic mass is 32.1. The topological polar surface area (TPSA) is 89.4 Å². The van der Waals surface area contributed by atoms with Crippen molar-refractivity contribution in [2.75, 3.05) is 24.7 Å². The van der Waals surface area contributed by atoms with E-state index in [-0.39, 0.29) is 29.5 Å². The van der Waals surface area contributed by atoms with Crippen LogP contribution in [0.2, 0.25) is 0 Å². The molecular weight excluding hydrogens is 483 g/mol. The van der Waals surface area contributed by atoms with Gasteiger partial charge in [0.2, 0.25) is 11.7 Å². The Morgan fingerprint density at radius 2 is 1.89 bits per heavy atom. The number of hydrogen-bond acceptors (Lipinski definition) is 7. The van der Waals surface area contributed by atoms with Gasteiger partial charge in [-0.2, -0.15) is 13.2 Å². The number of benzene rings is 1. The lowest BCUT2D eigenvalue weighted by atomic mass is 10.1. The van der Waals surface area contributed by atoms with Crippen LogP contribution in [0.15, 0.2) is 35.1 Å². The summed E-state index contributed by atoms with van der Waals surface area (Å²) in [4.78, 5) is 36.1. The summed E-state index contributed by atoms with van der Waals surface area (Å²) >= 11 is 0.916. The van der Waals surface area contributed by atoms with E-state index >= 15 is 0 Å². The average molecular weight is 508 g/mol. The summed E-state index contributed by atoms with van der Waals surface area (Å²) in [5, 5.41) is 3.25. The van der Waals surface area contributed by atoms with Crippen molar-refractivity contribution in [3.05, 3.63) is 52.1 Å². The van der Waals surface area contributed by atoms with Gasteiger partial charge in [0, 0.05) is 32.3 Å². The SMILES string of the molecule is O=C(NCc1ccccc1)C1CCCN1c1nc2c(=O)n(C3CCOCC3)c(C(F)(F)F)nc2s1. The number of nitrogens with one attached hydrogen (secondary N) is 1. The van der Waals surface area contributed by atoms with Gasteiger partial charge >= 0.3 is 6.18 Å². The van der Waals surface area contributed by atoms with Gasteiger partial charge in [-0.3, -0.25) is 14.2 Å². The van der Waals surface area contributed by atoms with Gasteiger partial charge in [0.05, 0.1) is 0 Å². The van der Waals surface area contributed by atoms with Gasteiger partial charge in [-0.15, -0.1) is 0 Å². The van der Waals surface area contributed by atoms with Crippen LogP contribution in [-0.2, 0) is 22.3 Å². The Balaban J connectivity index is 1.46. The number of carbonyl (C=O) groups excluding carboxylic acids is 1. The van der Waals surface area contributed by atoms with Crippen molar-refractivity contribution in [3.8, 4) is 0 Å². The maximum absolute atomic E-state index is 13.9. The van der Waals surface area contributed by atoms with E-state index in [1.54, 1.807) is 4.90 Å². The molecule has 0 bridgehead atoms. The summed E-state index contributed by atoms with van der Waals surface area (Å²) < 4.78 is 47.6. The number of halogens is 3. The van der Waals surface area contributed by atoms with Crippen molar-refractivity contribution >= 4 is 32.7 Å². The molecule has 3 aromatic rings. The highest BCUT2D eigenvalue weighted by Crippen LogP contribution is 2.36. The number of nitrogens with zero attached hydrogens (tertiary/aromatic N) is 4. The van der Waals surface area contributed by atoms with Gasteiger partial charge in [-0.25, -0.2) is 9.97 Å². The van der Waals surface area contributed by atoms with E-state index in [1.807, 2.05) is 30.3 Å². The molecule has 8 nitrogen and oxygen atoms in total. The van der Waals surface area contributed by atoms with E-state index in [1.165, 1.54) is 0 Å². The minimum absolute atomic E-state index is 0.0732. The molecule has 12 heteroatoms. The molecule has 2 aliphatic heterocycles. The molecular formula is C23H24F3N5O3S. The molecule has 2 saturated heterocycles. The highest BCUT2D eigenvalue weighted by molar-refractivity contribution is 7.21. The molecule has 1 unspecified atom stereocenters. The molecule has 35 heavy (non-hydrogen) atoms. The van der Waals surface area contributed by atoms with Crippen molar-refractivity contribution in [1.29, 1.82) is 0 Å². The first-order valence-electron chi connectivity index (χ1n) is 11.5. The second-order valence-corrected chi connectivity index (χ2v) is 9.61. The van der Waals surface area contributed by atoms with E-state index in [0.29, 0.717) is 37.5 Å². The van der Waals surface area contributed by atoms with Crippen LogP contribution in [0.1, 0.15) is 43.1 Å². The zero-order chi connectivity index (χ0) is 24.6. The van der Waals surface area contributed by atoms with Gasteiger partial charge in [0.15, 0.2) is 15.5 Å². The standard InChI is InChI=1S/C23H24F3N5O3S/c24-23(25,26)21-29-19-17(20(33)31(21)15-8-11-34-12-9-15)28-22(35-19)30-10-4-7-16(30)18(32)27-13-14-5-2-1-3-6-14/h1-3,5-6,15-16H,4,7-13H2,(H,27,32). The molecule has 1 amide bonds. The fourth-order valence-electron chi connectivity index (χ4n) is 4.65. The Morgan fingerprint density at radius 1 is 1.14 bits per heavy atom. The third-order valence-electron chi connectivity index (χ3n) is 6.38. The number of carbonyl (C=O) groups is 1. The number of thiazole rings is 1. The highest BCUT2D eigenvalue weighted by Gasteiger charge is 2.40. The number of anilines is 1. The molecule has 0 saturated carbocycles. The van der Waals surface area contributed by atoms with E-state index in [9.17, 15) is 22.8 Å². The lowest BCUT2D eigenvalue weighted by molar-refractivity contribution is -0.149. The normalized spacial score (nSPS) is 19.4. The molecule has 0 radical (unpaired) electrons. The number of ether oxygens (including phenoxy) is 1. The molecule has 186 valence electrons. The van der Waals surface area contributed by atoms with Gasteiger partial charge in [0.25, 0.3) is 5.56 Å². The zero-order valence-corrected chi connectivity index (χ0v) is 19.6. The molecule has 1 atom stereocenters. The number of hydrogen-bond donors (Lipinski definition) is 1. The summed E-state index contributed by atoms with van der Waals surface area (Å²) in [6.45, 7) is 1.45. The first kappa shape index (κ1) is 23.7. The number of rotatable bonds is 5. The molecule has 4 heterocycles. The number of fused-ring (bicyclic) bond motifs is 1. The predicted octanol–water partition coefficient (Wildman–Crippen LogP) is 3.51. The van der Waals surface area contributed by atoms with E-state index in [0.717, 1.165) is 27.9 Å². The largest absolute Gasteiger partial charge is 0.449 e. The van der Waals surface area contributed by atoms with Crippen LogP contribution in [0.3, 0.4) is 0 Å². The first-order chi connectivity index (χ1) is 16.8. The summed E-state index contributed by atoms with van der Waals surface area (Å²) in [5.41, 5.74) is 0.0590. The van der Waals surface area contributed by atoms with Crippen molar-refractivity contribution in [2.24, 2.45) is 0 Å². The van der Waals surface area contributed by atoms with E-state index in [4.69, 9.17) is 4.74 Å². The Kier molecular flexibility index (Phi) is 6.49. The first-order valence-corrected chi connectivity index (χ1v) is 12.3. The third-order valence-corrected chi connectivity index (χ3v) is 7.36. The molecule has 0 aliphatic carbocycles. The van der Waals surface area contributed by atoms with Crippen molar-refractivity contribution in [1.82, 2.24) is 19.9 Å².